The molecule has 0 amide bonds. The lowest BCUT2D eigenvalue weighted by molar-refractivity contribution is -0.184. The first-order valence-corrected chi connectivity index (χ1v) is 18.7. The van der Waals surface area contributed by atoms with Gasteiger partial charge in [-0.3, -0.25) is 9.59 Å². The van der Waals surface area contributed by atoms with E-state index in [1.165, 1.54) is 38.5 Å². The molecule has 6 fully saturated rings. The van der Waals surface area contributed by atoms with E-state index < -0.39 is 0 Å². The fourth-order valence-corrected chi connectivity index (χ4v) is 12.8. The van der Waals surface area contributed by atoms with Crippen molar-refractivity contribution >= 4 is 11.9 Å². The van der Waals surface area contributed by atoms with Crippen LogP contribution in [0.4, 0.5) is 0 Å². The molecule has 0 spiro atoms. The molecule has 5 heteroatoms. The van der Waals surface area contributed by atoms with E-state index in [4.69, 9.17) is 9.47 Å². The first kappa shape index (κ1) is 32.8. The Morgan fingerprint density at radius 2 is 1.52 bits per heavy atom. The van der Waals surface area contributed by atoms with Crippen LogP contribution in [0.15, 0.2) is 0 Å². The molecule has 0 heterocycles. The zero-order valence-electron chi connectivity index (χ0n) is 29.3. The molecule has 0 aromatic heterocycles. The van der Waals surface area contributed by atoms with Gasteiger partial charge >= 0.3 is 11.9 Å². The molecule has 2 bridgehead atoms. The monoisotopic (exact) mass is 612 g/mol. The summed E-state index contributed by atoms with van der Waals surface area (Å²) >= 11 is 0. The molecule has 5 nitrogen and oxygen atoms in total. The summed E-state index contributed by atoms with van der Waals surface area (Å²) in [6.07, 6.45) is 14.3. The smallest absolute Gasteiger partial charge is 0.308 e. The molecule has 14 atom stereocenters. The summed E-state index contributed by atoms with van der Waals surface area (Å²) in [5, 5.41) is 11.8. The Hall–Kier alpha value is -1.10. The molecule has 44 heavy (non-hydrogen) atoms. The maximum atomic E-state index is 13.2. The highest BCUT2D eigenvalue weighted by molar-refractivity contribution is 5.72. The number of aliphatic hydroxyl groups excluding tert-OH is 1. The number of ether oxygens (including phenoxy) is 2. The molecule has 0 aromatic carbocycles. The van der Waals surface area contributed by atoms with Gasteiger partial charge in [-0.05, 0) is 141 Å². The van der Waals surface area contributed by atoms with Crippen molar-refractivity contribution in [3.63, 3.8) is 0 Å². The lowest BCUT2D eigenvalue weighted by atomic mass is 9.43. The van der Waals surface area contributed by atoms with Gasteiger partial charge in [-0.15, -0.1) is 0 Å². The highest BCUT2D eigenvalue weighted by Crippen LogP contribution is 2.69. The molecular weight excluding hydrogens is 548 g/mol. The van der Waals surface area contributed by atoms with Gasteiger partial charge in [0.05, 0.1) is 12.0 Å². The molecule has 0 aromatic rings. The lowest BCUT2D eigenvalue weighted by Crippen LogP contribution is -2.58. The largest absolute Gasteiger partial charge is 0.462 e. The molecule has 0 radical (unpaired) electrons. The van der Waals surface area contributed by atoms with E-state index in [0.29, 0.717) is 47.8 Å². The summed E-state index contributed by atoms with van der Waals surface area (Å²) in [5.74, 6) is 3.62. The second-order valence-corrected chi connectivity index (χ2v) is 18.3. The molecule has 11 unspecified atom stereocenters. The van der Waals surface area contributed by atoms with E-state index in [1.54, 1.807) is 0 Å². The van der Waals surface area contributed by atoms with Gasteiger partial charge in [0.2, 0.25) is 0 Å². The SMILES string of the molecule is CCC(C)C(=O)O[C@H]1CC[C@@]2(C)C(CC(O)C3C4CCC(C(C)CCC(=O)OC5CC6CCC5(C)C6(C)C)[C@@]4(C)CCC32)C1. The van der Waals surface area contributed by atoms with Crippen LogP contribution in [0.5, 0.6) is 0 Å². The Kier molecular flexibility index (Phi) is 8.62. The Morgan fingerprint density at radius 1 is 0.818 bits per heavy atom. The highest BCUT2D eigenvalue weighted by Gasteiger charge is 2.64. The average molecular weight is 613 g/mol. The van der Waals surface area contributed by atoms with Crippen LogP contribution in [-0.4, -0.2) is 35.4 Å². The van der Waals surface area contributed by atoms with Crippen LogP contribution in [0.3, 0.4) is 0 Å². The predicted molar refractivity (Wildman–Crippen MR) is 173 cm³/mol. The first-order chi connectivity index (χ1) is 20.7. The summed E-state index contributed by atoms with van der Waals surface area (Å²) in [6.45, 7) is 18.6. The van der Waals surface area contributed by atoms with E-state index in [-0.39, 0.29) is 57.8 Å². The van der Waals surface area contributed by atoms with E-state index in [1.807, 2.05) is 13.8 Å². The number of esters is 2. The fourth-order valence-electron chi connectivity index (χ4n) is 12.8. The highest BCUT2D eigenvalue weighted by atomic mass is 16.5. The minimum atomic E-state index is -0.261. The lowest BCUT2D eigenvalue weighted by Gasteiger charge is -2.62. The third-order valence-corrected chi connectivity index (χ3v) is 16.5. The Morgan fingerprint density at radius 3 is 2.18 bits per heavy atom. The van der Waals surface area contributed by atoms with Crippen molar-refractivity contribution in [1.29, 1.82) is 0 Å². The van der Waals surface area contributed by atoms with E-state index in [0.717, 1.165) is 44.9 Å². The topological polar surface area (TPSA) is 72.8 Å². The van der Waals surface area contributed by atoms with Crippen LogP contribution in [0.1, 0.15) is 145 Å². The first-order valence-electron chi connectivity index (χ1n) is 18.7. The van der Waals surface area contributed by atoms with Gasteiger partial charge in [0.1, 0.15) is 12.2 Å². The predicted octanol–water partition coefficient (Wildman–Crippen LogP) is 8.75. The Labute approximate surface area is 268 Å². The molecule has 0 saturated heterocycles. The van der Waals surface area contributed by atoms with Crippen molar-refractivity contribution in [3.8, 4) is 0 Å². The van der Waals surface area contributed by atoms with E-state index in [2.05, 4.69) is 41.5 Å². The van der Waals surface area contributed by atoms with E-state index in [9.17, 15) is 14.7 Å². The van der Waals surface area contributed by atoms with E-state index >= 15 is 0 Å². The van der Waals surface area contributed by atoms with Crippen molar-refractivity contribution in [2.24, 2.45) is 69.0 Å². The molecular formula is C39H64O5. The third-order valence-electron chi connectivity index (χ3n) is 16.5. The summed E-state index contributed by atoms with van der Waals surface area (Å²) < 4.78 is 12.2. The average Bonchev–Trinajstić information content (AvgIpc) is 3.51. The molecule has 6 aliphatic carbocycles. The molecule has 6 rings (SSSR count). The number of carbonyl (C=O) groups is 2. The number of fused-ring (bicyclic) bond motifs is 7. The summed E-state index contributed by atoms with van der Waals surface area (Å²) in [7, 11) is 0. The summed E-state index contributed by atoms with van der Waals surface area (Å²) in [5.41, 5.74) is 0.845. The second-order valence-electron chi connectivity index (χ2n) is 18.3. The van der Waals surface area contributed by atoms with Gasteiger partial charge in [0.25, 0.3) is 0 Å². The van der Waals surface area contributed by atoms with Gasteiger partial charge in [0.15, 0.2) is 0 Å². The minimum absolute atomic E-state index is 0.00810. The number of carbonyl (C=O) groups excluding carboxylic acids is 2. The molecule has 1 N–H and O–H groups in total. The van der Waals surface area contributed by atoms with Crippen molar-refractivity contribution in [3.05, 3.63) is 0 Å². The maximum Gasteiger partial charge on any atom is 0.308 e. The van der Waals surface area contributed by atoms with Gasteiger partial charge in [-0.25, -0.2) is 0 Å². The minimum Gasteiger partial charge on any atom is -0.462 e. The zero-order valence-corrected chi connectivity index (χ0v) is 29.3. The number of hydrogen-bond acceptors (Lipinski definition) is 5. The normalized spacial score (nSPS) is 48.5. The van der Waals surface area contributed by atoms with Gasteiger partial charge in [0, 0.05) is 11.8 Å². The summed E-state index contributed by atoms with van der Waals surface area (Å²) in [4.78, 5) is 25.7. The third kappa shape index (κ3) is 5.02. The van der Waals surface area contributed by atoms with Crippen LogP contribution in [-0.2, 0) is 19.1 Å². The molecule has 6 aliphatic rings. The number of hydrogen-bond donors (Lipinski definition) is 1. The zero-order chi connectivity index (χ0) is 31.8. The standard InChI is InChI=1S/C39H64O5/c1-9-23(2)35(42)43-27-15-17-37(6)26(20-27)21-31(40)34-29-12-11-28(38(29,7)18-16-30(34)37)24(3)10-13-33(41)44-32-22-25-14-19-39(32,8)36(25,4)5/h23-32,34,40H,9-22H2,1-8H3/t23?,24?,25?,26?,27-,28?,29?,30?,31?,32?,34?,37-,38+,39?/m0/s1. The summed E-state index contributed by atoms with van der Waals surface area (Å²) in [6, 6.07) is 0. The van der Waals surface area contributed by atoms with Crippen LogP contribution in [0.2, 0.25) is 0 Å². The van der Waals surface area contributed by atoms with Crippen molar-refractivity contribution in [2.75, 3.05) is 0 Å². The molecule has 0 aliphatic heterocycles. The second kappa shape index (κ2) is 11.6. The van der Waals surface area contributed by atoms with Crippen LogP contribution in [0.25, 0.3) is 0 Å². The van der Waals surface area contributed by atoms with Crippen molar-refractivity contribution in [2.45, 2.75) is 164 Å². The molecule has 250 valence electrons. The van der Waals surface area contributed by atoms with Crippen LogP contribution < -0.4 is 0 Å². The fraction of sp³-hybridized carbons (Fsp3) is 0.949. The van der Waals surface area contributed by atoms with Crippen LogP contribution in [0, 0.1) is 69.0 Å². The van der Waals surface area contributed by atoms with Crippen LogP contribution >= 0.6 is 0 Å². The van der Waals surface area contributed by atoms with Gasteiger partial charge < -0.3 is 14.6 Å². The quantitative estimate of drug-likeness (QED) is 0.278. The Balaban J connectivity index is 1.06. The Bertz CT molecular complexity index is 1100. The van der Waals surface area contributed by atoms with Crippen molar-refractivity contribution < 1.29 is 24.2 Å². The number of aliphatic hydroxyl groups is 1. The number of rotatable bonds is 8. The van der Waals surface area contributed by atoms with Crippen molar-refractivity contribution in [1.82, 2.24) is 0 Å². The van der Waals surface area contributed by atoms with Gasteiger partial charge in [-0.2, -0.15) is 0 Å². The van der Waals surface area contributed by atoms with Gasteiger partial charge in [-0.1, -0.05) is 55.4 Å². The maximum absolute atomic E-state index is 13.2. The molecule has 6 saturated carbocycles.